The second-order valence-corrected chi connectivity index (χ2v) is 6.52. The minimum atomic E-state index is -4.28. The molecule has 8 heteroatoms. The average Bonchev–Trinajstić information content (AvgIpc) is 2.68. The minimum Gasteiger partial charge on any atom is -0.366 e. The lowest BCUT2D eigenvalue weighted by Gasteiger charge is -2.19. The molecule has 0 aliphatic carbocycles. The molecule has 0 bridgehead atoms. The second kappa shape index (κ2) is 5.64. The zero-order chi connectivity index (χ0) is 13.1. The van der Waals surface area contributed by atoms with Gasteiger partial charge in [-0.2, -0.15) is 0 Å². The highest BCUT2D eigenvalue weighted by atomic mass is 32.1. The Balaban J connectivity index is 2.50. The van der Waals surface area contributed by atoms with Gasteiger partial charge in [-0.1, -0.05) is 0 Å². The molecule has 1 rings (SSSR count). The highest BCUT2D eigenvalue weighted by Crippen LogP contribution is 2.39. The van der Waals surface area contributed by atoms with Crippen LogP contribution in [0, 0.1) is 0 Å². The van der Waals surface area contributed by atoms with Crippen LogP contribution in [0.25, 0.3) is 0 Å². The highest BCUT2D eigenvalue weighted by Gasteiger charge is 2.27. The van der Waals surface area contributed by atoms with Crippen LogP contribution in [0.2, 0.25) is 0 Å². The van der Waals surface area contributed by atoms with E-state index in [9.17, 15) is 9.36 Å². The SMILES string of the molecule is CC(Nc1cccs1)C(=O)NC(C)P(=O)(O)O. The molecular weight excluding hydrogens is 263 g/mol. The van der Waals surface area contributed by atoms with Gasteiger partial charge < -0.3 is 20.4 Å². The van der Waals surface area contributed by atoms with Gasteiger partial charge >= 0.3 is 7.60 Å². The number of carbonyl (C=O) groups is 1. The smallest absolute Gasteiger partial charge is 0.347 e. The van der Waals surface area contributed by atoms with E-state index in [4.69, 9.17) is 9.79 Å². The van der Waals surface area contributed by atoms with Crippen LogP contribution in [-0.2, 0) is 9.36 Å². The van der Waals surface area contributed by atoms with Crippen molar-refractivity contribution in [2.24, 2.45) is 0 Å². The van der Waals surface area contributed by atoms with Crippen LogP contribution in [0.1, 0.15) is 13.8 Å². The molecule has 1 aromatic heterocycles. The molecule has 0 saturated heterocycles. The first-order chi connectivity index (χ1) is 7.80. The molecule has 0 aromatic carbocycles. The summed E-state index contributed by atoms with van der Waals surface area (Å²) in [6.45, 7) is 2.90. The lowest BCUT2D eigenvalue weighted by atomic mass is 10.3. The van der Waals surface area contributed by atoms with E-state index in [1.165, 1.54) is 18.3 Å². The monoisotopic (exact) mass is 278 g/mol. The molecule has 96 valence electrons. The number of rotatable bonds is 5. The quantitative estimate of drug-likeness (QED) is 0.606. The first-order valence-electron chi connectivity index (χ1n) is 4.96. The molecule has 6 nitrogen and oxygen atoms in total. The molecule has 1 heterocycles. The van der Waals surface area contributed by atoms with Crippen LogP contribution in [0.5, 0.6) is 0 Å². The molecule has 0 aliphatic rings. The van der Waals surface area contributed by atoms with E-state index >= 15 is 0 Å². The Morgan fingerprint density at radius 3 is 2.59 bits per heavy atom. The van der Waals surface area contributed by atoms with Crippen LogP contribution in [-0.4, -0.2) is 27.5 Å². The molecule has 17 heavy (non-hydrogen) atoms. The summed E-state index contributed by atoms with van der Waals surface area (Å²) in [7, 11) is -4.28. The van der Waals surface area contributed by atoms with Gasteiger partial charge in [0.1, 0.15) is 11.8 Å². The predicted octanol–water partition coefficient (Wildman–Crippen LogP) is 1.19. The Kier molecular flexibility index (Phi) is 4.70. The Hall–Kier alpha value is -0.880. The molecular formula is C9H15N2O4PS. The maximum absolute atomic E-state index is 11.6. The number of nitrogens with one attached hydrogen (secondary N) is 2. The highest BCUT2D eigenvalue weighted by molar-refractivity contribution is 7.52. The van der Waals surface area contributed by atoms with Crippen molar-refractivity contribution < 1.29 is 19.1 Å². The lowest BCUT2D eigenvalue weighted by Crippen LogP contribution is -2.41. The summed E-state index contributed by atoms with van der Waals surface area (Å²) >= 11 is 1.45. The van der Waals surface area contributed by atoms with Crippen LogP contribution < -0.4 is 10.6 Å². The molecule has 2 unspecified atom stereocenters. The third-order valence-corrected chi connectivity index (χ3v) is 4.07. The molecule has 0 fully saturated rings. The number of hydrogen-bond donors (Lipinski definition) is 4. The van der Waals surface area contributed by atoms with Crippen molar-refractivity contribution in [2.75, 3.05) is 5.32 Å². The van der Waals surface area contributed by atoms with E-state index in [0.29, 0.717) is 0 Å². The van der Waals surface area contributed by atoms with E-state index in [1.54, 1.807) is 6.92 Å². The van der Waals surface area contributed by atoms with Gasteiger partial charge in [-0.25, -0.2) is 0 Å². The van der Waals surface area contributed by atoms with Crippen molar-refractivity contribution in [3.8, 4) is 0 Å². The summed E-state index contributed by atoms with van der Waals surface area (Å²) in [4.78, 5) is 29.3. The van der Waals surface area contributed by atoms with Crippen molar-refractivity contribution >= 4 is 29.8 Å². The molecule has 0 radical (unpaired) electrons. The normalized spacial score (nSPS) is 15.1. The maximum atomic E-state index is 11.6. The van der Waals surface area contributed by atoms with Crippen molar-refractivity contribution in [1.29, 1.82) is 0 Å². The summed E-state index contributed by atoms with van der Waals surface area (Å²) in [5.41, 5.74) is 0. The summed E-state index contributed by atoms with van der Waals surface area (Å²) < 4.78 is 10.9. The van der Waals surface area contributed by atoms with Gasteiger partial charge in [0.25, 0.3) is 0 Å². The van der Waals surface area contributed by atoms with Gasteiger partial charge in [-0.15, -0.1) is 11.3 Å². The van der Waals surface area contributed by atoms with Gasteiger partial charge in [0.15, 0.2) is 0 Å². The van der Waals surface area contributed by atoms with E-state index < -0.39 is 25.3 Å². The van der Waals surface area contributed by atoms with Gasteiger partial charge in [0.2, 0.25) is 5.91 Å². The number of thiophene rings is 1. The van der Waals surface area contributed by atoms with E-state index in [1.807, 2.05) is 17.5 Å². The minimum absolute atomic E-state index is 0.450. The number of hydrogen-bond acceptors (Lipinski definition) is 4. The Morgan fingerprint density at radius 2 is 2.12 bits per heavy atom. The predicted molar refractivity (Wildman–Crippen MR) is 67.1 cm³/mol. The van der Waals surface area contributed by atoms with Crippen molar-refractivity contribution in [3.63, 3.8) is 0 Å². The van der Waals surface area contributed by atoms with Crippen LogP contribution >= 0.6 is 18.9 Å². The van der Waals surface area contributed by atoms with E-state index in [2.05, 4.69) is 10.6 Å². The number of anilines is 1. The zero-order valence-electron chi connectivity index (χ0n) is 9.45. The first kappa shape index (κ1) is 14.2. The number of amides is 1. The Morgan fingerprint density at radius 1 is 1.47 bits per heavy atom. The molecule has 0 spiro atoms. The zero-order valence-corrected chi connectivity index (χ0v) is 11.2. The molecule has 1 amide bonds. The molecule has 1 aromatic rings. The summed E-state index contributed by atoms with van der Waals surface area (Å²) in [5.74, 6) is -1.63. The van der Waals surface area contributed by atoms with Crippen molar-refractivity contribution in [3.05, 3.63) is 17.5 Å². The third-order valence-electron chi connectivity index (χ3n) is 2.13. The molecule has 4 N–H and O–H groups in total. The summed E-state index contributed by atoms with van der Waals surface area (Å²) in [6.07, 6.45) is 0. The van der Waals surface area contributed by atoms with Crippen LogP contribution in [0.15, 0.2) is 17.5 Å². The average molecular weight is 278 g/mol. The summed E-state index contributed by atoms with van der Waals surface area (Å²) in [5, 5.41) is 7.90. The van der Waals surface area contributed by atoms with Gasteiger partial charge in [-0.05, 0) is 31.4 Å². The third kappa shape index (κ3) is 4.47. The van der Waals surface area contributed by atoms with Crippen LogP contribution in [0.3, 0.4) is 0 Å². The fourth-order valence-electron chi connectivity index (χ4n) is 1.05. The summed E-state index contributed by atoms with van der Waals surface area (Å²) in [6, 6.07) is 3.11. The van der Waals surface area contributed by atoms with Crippen LogP contribution in [0.4, 0.5) is 5.00 Å². The fraction of sp³-hybridized carbons (Fsp3) is 0.444. The second-order valence-electron chi connectivity index (χ2n) is 3.62. The molecule has 0 aliphatic heterocycles. The van der Waals surface area contributed by atoms with Gasteiger partial charge in [-0.3, -0.25) is 9.36 Å². The number of carbonyl (C=O) groups excluding carboxylic acids is 1. The Labute approximate surface area is 103 Å². The fourth-order valence-corrected chi connectivity index (χ4v) is 2.06. The maximum Gasteiger partial charge on any atom is 0.347 e. The Bertz CT molecular complexity index is 417. The van der Waals surface area contributed by atoms with E-state index in [-0.39, 0.29) is 0 Å². The van der Waals surface area contributed by atoms with Crippen molar-refractivity contribution in [2.45, 2.75) is 25.7 Å². The molecule has 0 saturated carbocycles. The van der Waals surface area contributed by atoms with Crippen molar-refractivity contribution in [1.82, 2.24) is 5.32 Å². The standard InChI is InChI=1S/C9H15N2O4PS/c1-6(10-8-4-3-5-17-8)9(12)11-7(2)16(13,14)15/h3-7,10H,1-2H3,(H,11,12)(H2,13,14,15). The first-order valence-corrected chi connectivity index (χ1v) is 7.52. The van der Waals surface area contributed by atoms with Gasteiger partial charge in [0.05, 0.1) is 5.00 Å². The lowest BCUT2D eigenvalue weighted by molar-refractivity contribution is -0.121. The topological polar surface area (TPSA) is 98.7 Å². The largest absolute Gasteiger partial charge is 0.366 e. The molecule has 2 atom stereocenters. The van der Waals surface area contributed by atoms with E-state index in [0.717, 1.165) is 5.00 Å². The van der Waals surface area contributed by atoms with Gasteiger partial charge in [0, 0.05) is 0 Å².